The van der Waals surface area contributed by atoms with Gasteiger partial charge in [0.05, 0.1) is 39.9 Å². The molecule has 3 aromatic rings. The largest absolute Gasteiger partial charge is 0.394 e. The predicted molar refractivity (Wildman–Crippen MR) is 174 cm³/mol. The second-order valence-corrected chi connectivity index (χ2v) is 13.6. The lowest BCUT2D eigenvalue weighted by Crippen LogP contribution is -2.54. The first kappa shape index (κ1) is 28.9. The van der Waals surface area contributed by atoms with Gasteiger partial charge in [-0.15, -0.1) is 11.8 Å². The minimum atomic E-state index is -1.03. The third-order valence-electron chi connectivity index (χ3n) is 9.32. The number of thioether (sulfide) groups is 1. The molecule has 44 heavy (non-hydrogen) atoms. The Morgan fingerprint density at radius 2 is 1.59 bits per heavy atom. The van der Waals surface area contributed by atoms with E-state index in [1.165, 1.54) is 11.8 Å². The van der Waals surface area contributed by atoms with Crippen LogP contribution in [-0.4, -0.2) is 63.5 Å². The number of likely N-dealkylation sites (tertiary alicyclic amines) is 1. The van der Waals surface area contributed by atoms with Gasteiger partial charge in [-0.05, 0) is 36.2 Å². The molecule has 1 N–H and O–H groups in total. The van der Waals surface area contributed by atoms with Crippen molar-refractivity contribution in [2.45, 2.75) is 29.0 Å². The van der Waals surface area contributed by atoms with E-state index in [0.29, 0.717) is 17.3 Å². The van der Waals surface area contributed by atoms with E-state index in [1.54, 1.807) is 20.8 Å². The summed E-state index contributed by atoms with van der Waals surface area (Å²) >= 11 is 8.21. The molecule has 0 bridgehead atoms. The first-order valence-electron chi connectivity index (χ1n) is 14.8. The Morgan fingerprint density at radius 1 is 0.886 bits per heavy atom. The standard InChI is InChI=1S/C35H32ClN3O4S/c1-22-11-8-16-25(36)30(22)38-20-10-18-35-29(28-27(44-35)17-9-19-37(32(28)41)24-14-6-3-7-15-24)33(42)39(31(35)34(38)43)26(21-40)23-12-4-2-5-13-23/h2-18,26-29,31,40H,19-21H2,1H3/t26-,27-,28+,29+,31?,35+/m1/s1. The number of benzene rings is 3. The van der Waals surface area contributed by atoms with Crippen LogP contribution in [0.4, 0.5) is 11.4 Å². The number of hydrogen-bond donors (Lipinski definition) is 1. The third-order valence-corrected chi connectivity index (χ3v) is 11.4. The Bertz CT molecular complexity index is 1660. The number of fused-ring (bicyclic) bond motifs is 2. The van der Waals surface area contributed by atoms with Crippen molar-refractivity contribution in [3.05, 3.63) is 119 Å². The maximum absolute atomic E-state index is 14.9. The molecule has 2 fully saturated rings. The molecule has 4 aliphatic heterocycles. The van der Waals surface area contributed by atoms with Crippen LogP contribution < -0.4 is 9.80 Å². The van der Waals surface area contributed by atoms with Crippen molar-refractivity contribution in [2.24, 2.45) is 11.8 Å². The highest BCUT2D eigenvalue weighted by Crippen LogP contribution is 2.62. The number of rotatable bonds is 5. The zero-order valence-electron chi connectivity index (χ0n) is 24.1. The van der Waals surface area contributed by atoms with E-state index >= 15 is 0 Å². The molecule has 3 aromatic carbocycles. The third kappa shape index (κ3) is 4.34. The average Bonchev–Trinajstić information content (AvgIpc) is 3.35. The maximum Gasteiger partial charge on any atom is 0.251 e. The van der Waals surface area contributed by atoms with Gasteiger partial charge in [0.2, 0.25) is 11.8 Å². The Balaban J connectivity index is 1.39. The molecular weight excluding hydrogens is 594 g/mol. The Kier molecular flexibility index (Phi) is 7.39. The normalized spacial score (nSPS) is 28.4. The lowest BCUT2D eigenvalue weighted by molar-refractivity contribution is -0.141. The van der Waals surface area contributed by atoms with Crippen LogP contribution in [0.25, 0.3) is 0 Å². The molecule has 0 aromatic heterocycles. The Morgan fingerprint density at radius 3 is 2.30 bits per heavy atom. The number of aliphatic hydroxyl groups is 1. The molecule has 0 aliphatic carbocycles. The van der Waals surface area contributed by atoms with Gasteiger partial charge in [0.25, 0.3) is 5.91 Å². The lowest BCUT2D eigenvalue weighted by atomic mass is 9.78. The maximum atomic E-state index is 14.9. The summed E-state index contributed by atoms with van der Waals surface area (Å²) in [4.78, 5) is 49.2. The van der Waals surface area contributed by atoms with Crippen LogP contribution in [0.1, 0.15) is 17.2 Å². The summed E-state index contributed by atoms with van der Waals surface area (Å²) < 4.78 is -1.03. The predicted octanol–water partition coefficient (Wildman–Crippen LogP) is 5.19. The molecule has 1 unspecified atom stereocenters. The summed E-state index contributed by atoms with van der Waals surface area (Å²) in [6.07, 6.45) is 7.93. The number of amides is 3. The molecular formula is C35H32ClN3O4S. The van der Waals surface area contributed by atoms with Gasteiger partial charge in [-0.25, -0.2) is 0 Å². The van der Waals surface area contributed by atoms with Gasteiger partial charge in [0.1, 0.15) is 6.04 Å². The minimum Gasteiger partial charge on any atom is -0.394 e. The van der Waals surface area contributed by atoms with Crippen LogP contribution in [0.2, 0.25) is 5.02 Å². The first-order valence-corrected chi connectivity index (χ1v) is 16.1. The SMILES string of the molecule is Cc1cccc(Cl)c1N1CC=C[C@]23S[C@@H]4C=CCN(c5ccccc5)C(=O)[C@@H]4[C@H]2C(=O)N([C@H](CO)c2ccccc2)C3C1=O. The number of halogens is 1. The highest BCUT2D eigenvalue weighted by Gasteiger charge is 2.72. The van der Waals surface area contributed by atoms with Gasteiger partial charge in [-0.1, -0.05) is 96.6 Å². The summed E-state index contributed by atoms with van der Waals surface area (Å²) in [5.74, 6) is -2.23. The van der Waals surface area contributed by atoms with Crippen molar-refractivity contribution in [3.63, 3.8) is 0 Å². The molecule has 0 radical (unpaired) electrons. The van der Waals surface area contributed by atoms with E-state index in [4.69, 9.17) is 11.6 Å². The van der Waals surface area contributed by atoms with Gasteiger partial charge < -0.3 is 19.8 Å². The van der Waals surface area contributed by atoms with Crippen molar-refractivity contribution in [1.82, 2.24) is 4.90 Å². The van der Waals surface area contributed by atoms with E-state index in [1.807, 2.05) is 104 Å². The number of hydrogen-bond acceptors (Lipinski definition) is 5. The zero-order valence-corrected chi connectivity index (χ0v) is 25.7. The highest BCUT2D eigenvalue weighted by molar-refractivity contribution is 8.02. The van der Waals surface area contributed by atoms with Gasteiger partial charge in [0, 0.05) is 24.0 Å². The second kappa shape index (κ2) is 11.3. The fourth-order valence-electron chi connectivity index (χ4n) is 7.45. The molecule has 1 spiro atoms. The molecule has 224 valence electrons. The van der Waals surface area contributed by atoms with E-state index < -0.39 is 28.7 Å². The van der Waals surface area contributed by atoms with E-state index in [-0.39, 0.29) is 36.1 Å². The quantitative estimate of drug-likeness (QED) is 0.395. The highest BCUT2D eigenvalue weighted by atomic mass is 35.5. The number of anilines is 2. The molecule has 2 saturated heterocycles. The van der Waals surface area contributed by atoms with Gasteiger partial charge >= 0.3 is 0 Å². The van der Waals surface area contributed by atoms with Crippen LogP contribution in [0.15, 0.2) is 103 Å². The fourth-order valence-corrected chi connectivity index (χ4v) is 9.76. The molecule has 9 heteroatoms. The average molecular weight is 626 g/mol. The van der Waals surface area contributed by atoms with Gasteiger partial charge in [-0.3, -0.25) is 14.4 Å². The van der Waals surface area contributed by atoms with Crippen molar-refractivity contribution < 1.29 is 19.5 Å². The summed E-state index contributed by atoms with van der Waals surface area (Å²) in [7, 11) is 0. The number of carbonyl (C=O) groups is 3. The molecule has 6 atom stereocenters. The van der Waals surface area contributed by atoms with Crippen molar-refractivity contribution in [2.75, 3.05) is 29.5 Å². The van der Waals surface area contributed by atoms with Crippen LogP contribution in [0, 0.1) is 18.8 Å². The Labute approximate surface area is 265 Å². The van der Waals surface area contributed by atoms with Crippen molar-refractivity contribution in [1.29, 1.82) is 0 Å². The first-order chi connectivity index (χ1) is 21.4. The number of carbonyl (C=O) groups excluding carboxylic acids is 3. The van der Waals surface area contributed by atoms with Crippen LogP contribution in [0.3, 0.4) is 0 Å². The summed E-state index contributed by atoms with van der Waals surface area (Å²) in [6, 6.07) is 22.5. The molecule has 4 aliphatic rings. The lowest BCUT2D eigenvalue weighted by Gasteiger charge is -2.39. The number of nitrogens with zero attached hydrogens (tertiary/aromatic N) is 3. The zero-order chi connectivity index (χ0) is 30.6. The molecule has 7 rings (SSSR count). The summed E-state index contributed by atoms with van der Waals surface area (Å²) in [5, 5.41) is 10.9. The van der Waals surface area contributed by atoms with E-state index in [9.17, 15) is 19.5 Å². The van der Waals surface area contributed by atoms with Crippen molar-refractivity contribution in [3.8, 4) is 0 Å². The number of aliphatic hydroxyl groups excluding tert-OH is 1. The second-order valence-electron chi connectivity index (χ2n) is 11.7. The molecule has 0 saturated carbocycles. The Hall–Kier alpha value is -3.85. The summed E-state index contributed by atoms with van der Waals surface area (Å²) in [6.45, 7) is 2.19. The molecule has 3 amide bonds. The number of para-hydroxylation sites is 2. The van der Waals surface area contributed by atoms with Gasteiger partial charge in [-0.2, -0.15) is 0 Å². The van der Waals surface area contributed by atoms with Gasteiger partial charge in [0.15, 0.2) is 0 Å². The van der Waals surface area contributed by atoms with E-state index in [0.717, 1.165) is 16.8 Å². The van der Waals surface area contributed by atoms with Crippen LogP contribution in [-0.2, 0) is 14.4 Å². The molecule has 7 nitrogen and oxygen atoms in total. The van der Waals surface area contributed by atoms with E-state index in [2.05, 4.69) is 0 Å². The number of aryl methyl sites for hydroxylation is 1. The van der Waals surface area contributed by atoms with Crippen LogP contribution in [0.5, 0.6) is 0 Å². The van der Waals surface area contributed by atoms with Crippen LogP contribution >= 0.6 is 23.4 Å². The summed E-state index contributed by atoms with van der Waals surface area (Å²) in [5.41, 5.74) is 2.92. The minimum absolute atomic E-state index is 0.140. The topological polar surface area (TPSA) is 81.2 Å². The molecule has 4 heterocycles. The van der Waals surface area contributed by atoms with Crippen molar-refractivity contribution >= 4 is 52.5 Å². The fraction of sp³-hybridized carbons (Fsp3) is 0.286. The monoisotopic (exact) mass is 625 g/mol. The smallest absolute Gasteiger partial charge is 0.251 e.